The Bertz CT molecular complexity index is 720. The Morgan fingerprint density at radius 3 is 2.48 bits per heavy atom. The molecule has 0 bridgehead atoms. The number of hydrogen-bond acceptors (Lipinski definition) is 4. The quantitative estimate of drug-likeness (QED) is 0.822. The van der Waals surface area contributed by atoms with Crippen molar-refractivity contribution >= 4 is 34.9 Å². The molecule has 7 heteroatoms. The first-order chi connectivity index (χ1) is 11.0. The predicted octanol–water partition coefficient (Wildman–Crippen LogP) is 3.32. The summed E-state index contributed by atoms with van der Waals surface area (Å²) in [6.45, 7) is -0.0376. The van der Waals surface area contributed by atoms with E-state index in [9.17, 15) is 14.0 Å². The molecule has 0 aliphatic carbocycles. The zero-order valence-electron chi connectivity index (χ0n) is 12.2. The van der Waals surface area contributed by atoms with Crippen molar-refractivity contribution in [1.29, 1.82) is 0 Å². The maximum atomic E-state index is 12.9. The van der Waals surface area contributed by atoms with E-state index in [1.165, 1.54) is 19.2 Å². The summed E-state index contributed by atoms with van der Waals surface area (Å²) in [4.78, 5) is 23.2. The number of ether oxygens (including phenoxy) is 1. The lowest BCUT2D eigenvalue weighted by Gasteiger charge is -2.09. The largest absolute Gasteiger partial charge is 0.465 e. The van der Waals surface area contributed by atoms with Crippen molar-refractivity contribution in [3.63, 3.8) is 0 Å². The van der Waals surface area contributed by atoms with Gasteiger partial charge < -0.3 is 15.4 Å². The van der Waals surface area contributed by atoms with Crippen LogP contribution in [0.3, 0.4) is 0 Å². The molecule has 0 aromatic heterocycles. The molecule has 2 aromatic carbocycles. The summed E-state index contributed by atoms with van der Waals surface area (Å²) >= 11 is 5.86. The third-order valence-electron chi connectivity index (χ3n) is 2.96. The van der Waals surface area contributed by atoms with Crippen LogP contribution in [0.5, 0.6) is 0 Å². The Morgan fingerprint density at radius 1 is 1.17 bits per heavy atom. The maximum Gasteiger partial charge on any atom is 0.337 e. The SMILES string of the molecule is COC(=O)c1ccc(NC(=O)CNc2ccc(F)cc2Cl)cc1. The third-order valence-corrected chi connectivity index (χ3v) is 3.27. The fourth-order valence-corrected chi connectivity index (χ4v) is 2.06. The lowest BCUT2D eigenvalue weighted by molar-refractivity contribution is -0.114. The van der Waals surface area contributed by atoms with Crippen LogP contribution in [0.25, 0.3) is 0 Å². The highest BCUT2D eigenvalue weighted by Gasteiger charge is 2.07. The van der Waals surface area contributed by atoms with Crippen molar-refractivity contribution in [2.24, 2.45) is 0 Å². The molecule has 0 heterocycles. The molecule has 0 unspecified atom stereocenters. The number of carbonyl (C=O) groups is 2. The highest BCUT2D eigenvalue weighted by atomic mass is 35.5. The van der Waals surface area contributed by atoms with Gasteiger partial charge in [0.2, 0.25) is 5.91 Å². The number of rotatable bonds is 5. The topological polar surface area (TPSA) is 67.4 Å². The molecule has 1 amide bonds. The number of anilines is 2. The number of esters is 1. The van der Waals surface area contributed by atoms with Gasteiger partial charge >= 0.3 is 5.97 Å². The number of amides is 1. The molecule has 0 atom stereocenters. The van der Waals surface area contributed by atoms with Crippen molar-refractivity contribution in [3.8, 4) is 0 Å². The molecular formula is C16H14ClFN2O3. The average molecular weight is 337 g/mol. The van der Waals surface area contributed by atoms with E-state index in [-0.39, 0.29) is 17.5 Å². The number of benzene rings is 2. The highest BCUT2D eigenvalue weighted by molar-refractivity contribution is 6.33. The summed E-state index contributed by atoms with van der Waals surface area (Å²) in [7, 11) is 1.30. The first-order valence-electron chi connectivity index (χ1n) is 6.67. The third kappa shape index (κ3) is 4.69. The van der Waals surface area contributed by atoms with Gasteiger partial charge in [-0.05, 0) is 42.5 Å². The zero-order chi connectivity index (χ0) is 16.8. The lowest BCUT2D eigenvalue weighted by atomic mass is 10.2. The normalized spacial score (nSPS) is 10.0. The van der Waals surface area contributed by atoms with Crippen molar-refractivity contribution < 1.29 is 18.7 Å². The van der Waals surface area contributed by atoms with Crippen molar-refractivity contribution in [1.82, 2.24) is 0 Å². The first-order valence-corrected chi connectivity index (χ1v) is 7.04. The van der Waals surface area contributed by atoms with Gasteiger partial charge in [0.1, 0.15) is 5.82 Å². The summed E-state index contributed by atoms with van der Waals surface area (Å²) in [6.07, 6.45) is 0. The molecule has 2 aromatic rings. The monoisotopic (exact) mass is 336 g/mol. The van der Waals surface area contributed by atoms with Gasteiger partial charge in [-0.15, -0.1) is 0 Å². The molecule has 0 spiro atoms. The van der Waals surface area contributed by atoms with E-state index < -0.39 is 11.8 Å². The number of carbonyl (C=O) groups excluding carboxylic acids is 2. The van der Waals surface area contributed by atoms with Crippen LogP contribution < -0.4 is 10.6 Å². The maximum absolute atomic E-state index is 12.9. The Kier molecular flexibility index (Phi) is 5.54. The van der Waals surface area contributed by atoms with E-state index in [1.54, 1.807) is 24.3 Å². The van der Waals surface area contributed by atoms with E-state index in [4.69, 9.17) is 11.6 Å². The first kappa shape index (κ1) is 16.8. The summed E-state index contributed by atoms with van der Waals surface area (Å²) in [6, 6.07) is 10.1. The molecule has 0 saturated heterocycles. The second-order valence-electron chi connectivity index (χ2n) is 4.59. The van der Waals surface area contributed by atoms with E-state index in [2.05, 4.69) is 15.4 Å². The summed E-state index contributed by atoms with van der Waals surface area (Å²) in [5.41, 5.74) is 1.39. The number of hydrogen-bond donors (Lipinski definition) is 2. The second-order valence-corrected chi connectivity index (χ2v) is 5.00. The molecule has 0 fully saturated rings. The minimum atomic E-state index is -0.449. The van der Waals surface area contributed by atoms with Gasteiger partial charge in [-0.1, -0.05) is 11.6 Å². The molecule has 0 radical (unpaired) electrons. The van der Waals surface area contributed by atoms with Gasteiger partial charge in [0.25, 0.3) is 0 Å². The minimum Gasteiger partial charge on any atom is -0.465 e. The summed E-state index contributed by atoms with van der Waals surface area (Å²) in [5.74, 6) is -1.21. The number of nitrogens with one attached hydrogen (secondary N) is 2. The van der Waals surface area contributed by atoms with Crippen LogP contribution >= 0.6 is 11.6 Å². The second kappa shape index (κ2) is 7.60. The Morgan fingerprint density at radius 2 is 1.87 bits per heavy atom. The Hall–Kier alpha value is -2.60. The smallest absolute Gasteiger partial charge is 0.337 e. The average Bonchev–Trinajstić information content (AvgIpc) is 2.54. The molecule has 120 valence electrons. The van der Waals surface area contributed by atoms with E-state index >= 15 is 0 Å². The van der Waals surface area contributed by atoms with Crippen molar-refractivity contribution in [2.45, 2.75) is 0 Å². The molecular weight excluding hydrogens is 323 g/mol. The number of methoxy groups -OCH3 is 1. The highest BCUT2D eigenvalue weighted by Crippen LogP contribution is 2.22. The van der Waals surface area contributed by atoms with E-state index in [1.807, 2.05) is 0 Å². The van der Waals surface area contributed by atoms with Gasteiger partial charge in [-0.25, -0.2) is 9.18 Å². The van der Waals surface area contributed by atoms with Crippen LogP contribution in [-0.2, 0) is 9.53 Å². The van der Waals surface area contributed by atoms with Gasteiger partial charge in [0.15, 0.2) is 0 Å². The van der Waals surface area contributed by atoms with Crippen LogP contribution in [0.15, 0.2) is 42.5 Å². The molecule has 0 aliphatic heterocycles. The van der Waals surface area contributed by atoms with Gasteiger partial charge in [0, 0.05) is 5.69 Å². The molecule has 0 aliphatic rings. The molecule has 5 nitrogen and oxygen atoms in total. The van der Waals surface area contributed by atoms with E-state index in [0.717, 1.165) is 6.07 Å². The van der Waals surface area contributed by atoms with Crippen molar-refractivity contribution in [2.75, 3.05) is 24.3 Å². The molecule has 2 rings (SSSR count). The molecule has 2 N–H and O–H groups in total. The Labute approximate surface area is 137 Å². The van der Waals surface area contributed by atoms with Gasteiger partial charge in [-0.3, -0.25) is 4.79 Å². The molecule has 23 heavy (non-hydrogen) atoms. The predicted molar refractivity (Wildman–Crippen MR) is 86.3 cm³/mol. The Balaban J connectivity index is 1.90. The standard InChI is InChI=1S/C16H14ClFN2O3/c1-23-16(22)10-2-5-12(6-3-10)20-15(21)9-19-14-7-4-11(18)8-13(14)17/h2-8,19H,9H2,1H3,(H,20,21). The van der Waals surface area contributed by atoms with Crippen LogP contribution in [0, 0.1) is 5.82 Å². The van der Waals surface area contributed by atoms with Crippen LogP contribution in [0.4, 0.5) is 15.8 Å². The van der Waals surface area contributed by atoms with Gasteiger partial charge in [0.05, 0.1) is 29.9 Å². The fourth-order valence-electron chi connectivity index (χ4n) is 1.82. The zero-order valence-corrected chi connectivity index (χ0v) is 13.0. The van der Waals surface area contributed by atoms with Crippen LogP contribution in [0.1, 0.15) is 10.4 Å². The lowest BCUT2D eigenvalue weighted by Crippen LogP contribution is -2.21. The van der Waals surface area contributed by atoms with Gasteiger partial charge in [-0.2, -0.15) is 0 Å². The summed E-state index contributed by atoms with van der Waals surface area (Å²) in [5, 5.41) is 5.67. The molecule has 0 saturated carbocycles. The minimum absolute atomic E-state index is 0.0376. The summed E-state index contributed by atoms with van der Waals surface area (Å²) < 4.78 is 17.5. The number of halogens is 2. The van der Waals surface area contributed by atoms with Crippen LogP contribution in [-0.4, -0.2) is 25.5 Å². The van der Waals surface area contributed by atoms with Crippen LogP contribution in [0.2, 0.25) is 5.02 Å². The van der Waals surface area contributed by atoms with E-state index in [0.29, 0.717) is 16.9 Å². The van der Waals surface area contributed by atoms with Crippen molar-refractivity contribution in [3.05, 3.63) is 58.9 Å². The fraction of sp³-hybridized carbons (Fsp3) is 0.125.